The highest BCUT2D eigenvalue weighted by atomic mass is 19.1. The van der Waals surface area contributed by atoms with Gasteiger partial charge < -0.3 is 4.90 Å². The summed E-state index contributed by atoms with van der Waals surface area (Å²) in [5, 5.41) is 0. The first-order valence-corrected chi connectivity index (χ1v) is 8.27. The Hall–Kier alpha value is -1.90. The number of anilines is 1. The Bertz CT molecular complexity index is 592. The van der Waals surface area contributed by atoms with Crippen molar-refractivity contribution in [1.29, 1.82) is 0 Å². The Morgan fingerprint density at radius 3 is 2.17 bits per heavy atom. The van der Waals surface area contributed by atoms with Crippen LogP contribution in [0.1, 0.15) is 45.2 Å². The van der Waals surface area contributed by atoms with Gasteiger partial charge in [0.1, 0.15) is 11.7 Å². The molecular formula is C20H29FN2. The van der Waals surface area contributed by atoms with Gasteiger partial charge >= 0.3 is 0 Å². The van der Waals surface area contributed by atoms with Gasteiger partial charge in [-0.25, -0.2) is 9.38 Å². The lowest BCUT2D eigenvalue weighted by Crippen LogP contribution is -2.34. The zero-order valence-electron chi connectivity index (χ0n) is 15.3. The van der Waals surface area contributed by atoms with Crippen molar-refractivity contribution in [3.63, 3.8) is 0 Å². The first-order valence-electron chi connectivity index (χ1n) is 8.27. The van der Waals surface area contributed by atoms with E-state index in [0.717, 1.165) is 18.1 Å². The van der Waals surface area contributed by atoms with Crippen LogP contribution in [0.4, 0.5) is 10.1 Å². The number of aryl methyl sites for hydroxylation is 2. The summed E-state index contributed by atoms with van der Waals surface area (Å²) in [5.74, 6) is 0.730. The average Bonchev–Trinajstić information content (AvgIpc) is 2.44. The van der Waals surface area contributed by atoms with Gasteiger partial charge in [-0.3, -0.25) is 0 Å². The maximum Gasteiger partial charge on any atom is 0.117 e. The number of benzene rings is 1. The number of halogens is 1. The molecule has 0 spiro atoms. The number of aliphatic imine (C=N–C) groups is 1. The van der Waals surface area contributed by atoms with Crippen LogP contribution in [-0.4, -0.2) is 12.4 Å². The number of hydrogen-bond acceptors (Lipinski definition) is 1. The maximum absolute atomic E-state index is 13.1. The zero-order valence-corrected chi connectivity index (χ0v) is 15.3. The summed E-state index contributed by atoms with van der Waals surface area (Å²) in [4.78, 5) is 6.95. The number of nitrogens with zero attached hydrogens (tertiary/aromatic N) is 2. The quantitative estimate of drug-likeness (QED) is 0.359. The molecule has 23 heavy (non-hydrogen) atoms. The molecule has 2 nitrogen and oxygen atoms in total. The maximum atomic E-state index is 13.1. The molecule has 0 aromatic heterocycles. The minimum atomic E-state index is -0.455. The summed E-state index contributed by atoms with van der Waals surface area (Å²) in [6.07, 6.45) is 2.08. The fourth-order valence-electron chi connectivity index (χ4n) is 2.63. The van der Waals surface area contributed by atoms with Crippen LogP contribution >= 0.6 is 0 Å². The monoisotopic (exact) mass is 316 g/mol. The molecule has 1 aromatic carbocycles. The highest BCUT2D eigenvalue weighted by molar-refractivity contribution is 5.99. The standard InChI is InChI=1S/C20H29FN2/c1-8-18(13-17(7)21)22-20(14(3)4)23(9-2)19-11-15(5)10-16(6)12-19/h10-14H,7-9H2,1-6H3/b18-13+,22-20-. The fraction of sp³-hybridized carbons (Fsp3) is 0.450. The minimum Gasteiger partial charge on any atom is -0.330 e. The lowest BCUT2D eigenvalue weighted by Gasteiger charge is -2.28. The van der Waals surface area contributed by atoms with Crippen molar-refractivity contribution in [2.75, 3.05) is 11.4 Å². The lowest BCUT2D eigenvalue weighted by molar-refractivity contribution is 0.668. The number of allylic oxidation sites excluding steroid dienone is 3. The summed E-state index contributed by atoms with van der Waals surface area (Å²) >= 11 is 0. The molecule has 0 bridgehead atoms. The highest BCUT2D eigenvalue weighted by Crippen LogP contribution is 2.22. The Labute approximate surface area is 140 Å². The molecule has 0 atom stereocenters. The number of rotatable bonds is 6. The Morgan fingerprint density at radius 2 is 1.78 bits per heavy atom. The van der Waals surface area contributed by atoms with E-state index in [1.807, 2.05) is 6.92 Å². The number of hydrogen-bond donors (Lipinski definition) is 0. The van der Waals surface area contributed by atoms with Crippen LogP contribution in [-0.2, 0) is 0 Å². The van der Waals surface area contributed by atoms with E-state index in [2.05, 4.69) is 64.3 Å². The molecule has 3 heteroatoms. The van der Waals surface area contributed by atoms with Crippen molar-refractivity contribution in [1.82, 2.24) is 0 Å². The molecule has 0 radical (unpaired) electrons. The normalized spacial score (nSPS) is 12.7. The lowest BCUT2D eigenvalue weighted by atomic mass is 10.1. The van der Waals surface area contributed by atoms with Gasteiger partial charge in [0.05, 0.1) is 0 Å². The van der Waals surface area contributed by atoms with Gasteiger partial charge in [-0.15, -0.1) is 0 Å². The summed E-state index contributed by atoms with van der Waals surface area (Å²) in [6, 6.07) is 6.49. The van der Waals surface area contributed by atoms with Gasteiger partial charge in [0, 0.05) is 23.8 Å². The van der Waals surface area contributed by atoms with E-state index in [1.54, 1.807) is 0 Å². The largest absolute Gasteiger partial charge is 0.330 e. The molecule has 0 fully saturated rings. The third-order valence-corrected chi connectivity index (χ3v) is 3.57. The highest BCUT2D eigenvalue weighted by Gasteiger charge is 2.16. The van der Waals surface area contributed by atoms with Crippen LogP contribution in [0.5, 0.6) is 0 Å². The van der Waals surface area contributed by atoms with Crippen LogP contribution in [0.25, 0.3) is 0 Å². The molecule has 0 N–H and O–H groups in total. The van der Waals surface area contributed by atoms with E-state index >= 15 is 0 Å². The first kappa shape index (κ1) is 19.1. The summed E-state index contributed by atoms with van der Waals surface area (Å²) in [5.41, 5.74) is 4.30. The molecule has 1 rings (SSSR count). The molecule has 0 amide bonds. The van der Waals surface area contributed by atoms with E-state index in [-0.39, 0.29) is 5.92 Å². The van der Waals surface area contributed by atoms with Crippen molar-refractivity contribution in [2.45, 2.75) is 48.0 Å². The second-order valence-electron chi connectivity index (χ2n) is 6.15. The molecule has 126 valence electrons. The average molecular weight is 316 g/mol. The Kier molecular flexibility index (Phi) is 7.21. The predicted octanol–water partition coefficient (Wildman–Crippen LogP) is 5.96. The molecule has 1 aromatic rings. The van der Waals surface area contributed by atoms with Crippen LogP contribution in [0.2, 0.25) is 0 Å². The second kappa shape index (κ2) is 8.66. The van der Waals surface area contributed by atoms with Crippen molar-refractivity contribution in [2.24, 2.45) is 10.9 Å². The molecule has 0 heterocycles. The van der Waals surface area contributed by atoms with E-state index < -0.39 is 5.83 Å². The van der Waals surface area contributed by atoms with Crippen LogP contribution < -0.4 is 4.90 Å². The van der Waals surface area contributed by atoms with Gasteiger partial charge in [0.25, 0.3) is 0 Å². The van der Waals surface area contributed by atoms with Gasteiger partial charge in [-0.1, -0.05) is 33.4 Å². The van der Waals surface area contributed by atoms with Crippen molar-refractivity contribution in [3.8, 4) is 0 Å². The van der Waals surface area contributed by atoms with Crippen LogP contribution in [0.15, 0.2) is 47.4 Å². The van der Waals surface area contributed by atoms with E-state index in [1.165, 1.54) is 17.2 Å². The van der Waals surface area contributed by atoms with E-state index in [9.17, 15) is 4.39 Å². The molecule has 0 unspecified atom stereocenters. The zero-order chi connectivity index (χ0) is 17.6. The van der Waals surface area contributed by atoms with Gasteiger partial charge in [-0.2, -0.15) is 0 Å². The third-order valence-electron chi connectivity index (χ3n) is 3.57. The van der Waals surface area contributed by atoms with Crippen molar-refractivity contribution >= 4 is 11.5 Å². The van der Waals surface area contributed by atoms with E-state index in [4.69, 9.17) is 4.99 Å². The second-order valence-corrected chi connectivity index (χ2v) is 6.15. The molecule has 0 saturated carbocycles. The topological polar surface area (TPSA) is 15.6 Å². The predicted molar refractivity (Wildman–Crippen MR) is 99.8 cm³/mol. The third kappa shape index (κ3) is 5.66. The summed E-state index contributed by atoms with van der Waals surface area (Å²) in [7, 11) is 0. The Morgan fingerprint density at radius 1 is 1.22 bits per heavy atom. The van der Waals surface area contributed by atoms with Gasteiger partial charge in [-0.05, 0) is 56.5 Å². The summed E-state index contributed by atoms with van der Waals surface area (Å²) in [6.45, 7) is 16.6. The Balaban J connectivity index is 3.37. The van der Waals surface area contributed by atoms with E-state index in [0.29, 0.717) is 12.1 Å². The molecule has 0 aliphatic heterocycles. The van der Waals surface area contributed by atoms with Crippen LogP contribution in [0.3, 0.4) is 0 Å². The van der Waals surface area contributed by atoms with Gasteiger partial charge in [0.2, 0.25) is 0 Å². The van der Waals surface area contributed by atoms with Gasteiger partial charge in [0.15, 0.2) is 0 Å². The number of amidine groups is 1. The first-order chi connectivity index (χ1) is 10.8. The fourth-order valence-corrected chi connectivity index (χ4v) is 2.63. The smallest absolute Gasteiger partial charge is 0.117 e. The molecule has 0 aliphatic carbocycles. The van der Waals surface area contributed by atoms with Crippen LogP contribution in [0, 0.1) is 19.8 Å². The minimum absolute atomic E-state index is 0.235. The molecular weight excluding hydrogens is 287 g/mol. The molecule has 0 aliphatic rings. The van der Waals surface area contributed by atoms with Crippen molar-refractivity contribution in [3.05, 3.63) is 53.5 Å². The SMILES string of the molecule is C=C(F)/C=C(CC)/N=C(/C(C)C)N(CC)c1cc(C)cc(C)c1. The molecule has 0 saturated heterocycles. The van der Waals surface area contributed by atoms with Crippen molar-refractivity contribution < 1.29 is 4.39 Å². The summed E-state index contributed by atoms with van der Waals surface area (Å²) < 4.78 is 13.1.